The number of para-hydroxylation sites is 3. The van der Waals surface area contributed by atoms with E-state index < -0.39 is 92.1 Å². The van der Waals surface area contributed by atoms with Gasteiger partial charge in [0.2, 0.25) is 16.3 Å². The molecule has 3 aromatic heterocycles. The van der Waals surface area contributed by atoms with Gasteiger partial charge in [-0.1, -0.05) is 36.4 Å². The van der Waals surface area contributed by atoms with E-state index in [1.54, 1.807) is 13.8 Å². The first-order valence-corrected chi connectivity index (χ1v) is 23.1. The Kier molecular flexibility index (Phi) is 19.0. The van der Waals surface area contributed by atoms with Crippen molar-refractivity contribution < 1.29 is 68.5 Å². The normalized spacial score (nSPS) is 10.7. The number of carbonyl (C=O) groups is 3. The smallest absolute Gasteiger partial charge is 0.343 e. The number of esters is 2. The summed E-state index contributed by atoms with van der Waals surface area (Å²) in [5.74, 6) is -9.27. The van der Waals surface area contributed by atoms with Gasteiger partial charge in [-0.2, -0.15) is 0 Å². The van der Waals surface area contributed by atoms with Crippen molar-refractivity contribution in [2.75, 3.05) is 13.2 Å². The number of ether oxygens (including phenoxy) is 2. The minimum absolute atomic E-state index is 0.0286. The highest BCUT2D eigenvalue weighted by Gasteiger charge is 2.21. The van der Waals surface area contributed by atoms with E-state index in [0.717, 1.165) is 47.3 Å². The summed E-state index contributed by atoms with van der Waals surface area (Å²) in [5, 5.41) is 9.12. The molecule has 12 nitrogen and oxygen atoms in total. The highest BCUT2D eigenvalue weighted by Crippen LogP contribution is 2.22. The number of aromatic carboxylic acids is 1. The third kappa shape index (κ3) is 13.5. The van der Waals surface area contributed by atoms with Crippen LogP contribution in [0.1, 0.15) is 61.6 Å². The number of carbonyl (C=O) groups excluding carboxylic acids is 2. The first kappa shape index (κ1) is 57.3. The number of fused-ring (bicyclic) bond motifs is 3. The summed E-state index contributed by atoms with van der Waals surface area (Å²) in [6.07, 6.45) is 3.26. The first-order valence-electron chi connectivity index (χ1n) is 22.6. The van der Waals surface area contributed by atoms with Gasteiger partial charge in [-0.25, -0.2) is 53.9 Å². The molecule has 0 bridgehead atoms. The van der Waals surface area contributed by atoms with Crippen LogP contribution in [0.2, 0.25) is 0 Å². The molecule has 0 unspecified atom stereocenters. The van der Waals surface area contributed by atoms with E-state index in [9.17, 15) is 68.3 Å². The molecule has 9 aromatic rings. The number of aromatic amines is 1. The van der Waals surface area contributed by atoms with Gasteiger partial charge in [-0.3, -0.25) is 14.4 Å². The van der Waals surface area contributed by atoms with E-state index in [4.69, 9.17) is 26.2 Å². The first-order chi connectivity index (χ1) is 36.7. The molecule has 0 aliphatic carbocycles. The fraction of sp³-hybridized carbons (Fsp3) is 0.127. The van der Waals surface area contributed by atoms with Gasteiger partial charge in [0.25, 0.3) is 0 Å². The number of carboxylic acid groups (broad SMARTS) is 1. The maximum absolute atomic E-state index is 14.3. The lowest BCUT2D eigenvalue weighted by Gasteiger charge is -2.14. The van der Waals surface area contributed by atoms with Crippen molar-refractivity contribution in [2.45, 2.75) is 32.8 Å². The zero-order valence-electron chi connectivity index (χ0n) is 40.0. The minimum Gasteiger partial charge on any atom is -0.477 e. The molecule has 22 heteroatoms. The van der Waals surface area contributed by atoms with Crippen molar-refractivity contribution >= 4 is 62.2 Å². The average Bonchev–Trinajstić information content (AvgIpc) is 3.38. The predicted octanol–water partition coefficient (Wildman–Crippen LogP) is 11.4. The Balaban J connectivity index is 0.000000174. The summed E-state index contributed by atoms with van der Waals surface area (Å²) in [7, 11) is 0. The van der Waals surface area contributed by atoms with Crippen molar-refractivity contribution in [3.8, 4) is 0 Å². The van der Waals surface area contributed by atoms with Crippen LogP contribution in [-0.2, 0) is 28.4 Å². The van der Waals surface area contributed by atoms with Crippen LogP contribution in [0.3, 0.4) is 0 Å². The van der Waals surface area contributed by atoms with Crippen molar-refractivity contribution in [3.63, 3.8) is 0 Å². The van der Waals surface area contributed by atoms with Gasteiger partial charge in [0.05, 0.1) is 48.7 Å². The zero-order chi connectivity index (χ0) is 56.2. The van der Waals surface area contributed by atoms with Crippen LogP contribution in [0.25, 0.3) is 32.7 Å². The maximum atomic E-state index is 14.3. The molecule has 6 aromatic carbocycles. The second-order valence-corrected chi connectivity index (χ2v) is 16.3. The van der Waals surface area contributed by atoms with E-state index in [0.29, 0.717) is 17.7 Å². The Bertz CT molecular complexity index is 3910. The SMILES string of the molecule is CCOC(=O)c1c[nH]c2c(F)cccc2c1=O.CCOC(=O)c1cn(Cc2ccc(F)cc2F)c2c(F)cccc2c1=O.Fc1ccc(CCl)c(F)c1.O=C(O)c1cn(Cc2ccc(F)cc2F)c2c(F)cccc2c1=O. The lowest BCUT2D eigenvalue weighted by molar-refractivity contribution is 0.0514. The van der Waals surface area contributed by atoms with E-state index in [1.807, 2.05) is 0 Å². The van der Waals surface area contributed by atoms with Gasteiger partial charge in [0, 0.05) is 69.6 Å². The number of benzene rings is 6. The number of halogens is 10. The third-order valence-electron chi connectivity index (χ3n) is 11.1. The van der Waals surface area contributed by atoms with Crippen LogP contribution < -0.4 is 16.3 Å². The lowest BCUT2D eigenvalue weighted by atomic mass is 10.1. The molecule has 0 aliphatic heterocycles. The Morgan fingerprint density at radius 1 is 0.506 bits per heavy atom. The predicted molar refractivity (Wildman–Crippen MR) is 267 cm³/mol. The summed E-state index contributed by atoms with van der Waals surface area (Å²) >= 11 is 5.32. The second-order valence-electron chi connectivity index (χ2n) is 16.1. The fourth-order valence-corrected chi connectivity index (χ4v) is 7.67. The van der Waals surface area contributed by atoms with Crippen molar-refractivity contribution in [1.82, 2.24) is 14.1 Å². The number of pyridine rings is 3. The van der Waals surface area contributed by atoms with Gasteiger partial charge < -0.3 is 28.7 Å². The number of hydrogen-bond acceptors (Lipinski definition) is 8. The number of carboxylic acids is 1. The number of H-pyrrole nitrogens is 1. The summed E-state index contributed by atoms with van der Waals surface area (Å²) in [6.45, 7) is 3.02. The number of alkyl halides is 1. The van der Waals surface area contributed by atoms with Crippen LogP contribution in [0.15, 0.2) is 142 Å². The molecule has 0 radical (unpaired) electrons. The van der Waals surface area contributed by atoms with Crippen LogP contribution >= 0.6 is 11.6 Å². The van der Waals surface area contributed by atoms with Gasteiger partial charge in [-0.15, -0.1) is 11.6 Å². The largest absolute Gasteiger partial charge is 0.477 e. The molecular weight excluding hydrogens is 1050 g/mol. The molecule has 0 saturated heterocycles. The van der Waals surface area contributed by atoms with Gasteiger partial charge in [0.1, 0.15) is 69.0 Å². The number of aromatic nitrogens is 3. The van der Waals surface area contributed by atoms with Gasteiger partial charge in [-0.05, 0) is 68.4 Å². The maximum Gasteiger partial charge on any atom is 0.343 e. The molecule has 3 heterocycles. The van der Waals surface area contributed by atoms with E-state index >= 15 is 0 Å². The number of nitrogens with one attached hydrogen (secondary N) is 1. The quantitative estimate of drug-likeness (QED) is 0.0770. The van der Waals surface area contributed by atoms with Crippen LogP contribution in [0.4, 0.5) is 39.5 Å². The highest BCUT2D eigenvalue weighted by atomic mass is 35.5. The van der Waals surface area contributed by atoms with Crippen LogP contribution in [0.5, 0.6) is 0 Å². The van der Waals surface area contributed by atoms with Crippen LogP contribution in [-0.4, -0.2) is 50.3 Å². The lowest BCUT2D eigenvalue weighted by Crippen LogP contribution is -2.22. The Morgan fingerprint density at radius 2 is 0.896 bits per heavy atom. The number of nitrogens with zero attached hydrogens (tertiary/aromatic N) is 2. The van der Waals surface area contributed by atoms with Crippen molar-refractivity contribution in [2.24, 2.45) is 0 Å². The molecular formula is C55H39ClF9N3O9. The zero-order valence-corrected chi connectivity index (χ0v) is 40.8. The number of hydrogen-bond donors (Lipinski definition) is 2. The minimum atomic E-state index is -1.47. The molecule has 77 heavy (non-hydrogen) atoms. The second kappa shape index (κ2) is 25.5. The number of rotatable bonds is 10. The summed E-state index contributed by atoms with van der Waals surface area (Å²) in [5.41, 5.74) is -2.69. The van der Waals surface area contributed by atoms with Crippen molar-refractivity contribution in [1.29, 1.82) is 0 Å². The molecule has 0 atom stereocenters. The van der Waals surface area contributed by atoms with E-state index in [2.05, 4.69) is 4.98 Å². The van der Waals surface area contributed by atoms with Gasteiger partial charge >= 0.3 is 17.9 Å². The van der Waals surface area contributed by atoms with Gasteiger partial charge in [0.15, 0.2) is 0 Å². The van der Waals surface area contributed by atoms with Crippen LogP contribution in [0, 0.1) is 52.4 Å². The topological polar surface area (TPSA) is 167 Å². The standard InChI is InChI=1S/C19H14F3NO3.C17H10F3NO3.C12H10FNO3.C7H5ClF2/c1-2-26-19(25)14-10-23(9-11-6-7-12(20)8-16(11)22)17-13(18(14)24)4-3-5-15(17)21;18-10-5-4-9(14(20)6-10)7-21-8-12(17(23)24)16(22)11-2-1-3-13(19)15(11)21;1-2-17-12(16)8-6-14-10-7(11(8)15)4-3-5-9(10)13;8-4-5-1-2-6(9)3-7(5)10/h3-8,10H,2,9H2,1H3;1-6,8H,7H2,(H,23,24);3-6H,2H2,1H3,(H,14,15);1-3H,4H2. The molecule has 0 amide bonds. The molecule has 398 valence electrons. The third-order valence-corrected chi connectivity index (χ3v) is 11.3. The summed E-state index contributed by atoms with van der Waals surface area (Å²) in [6, 6.07) is 20.9. The highest BCUT2D eigenvalue weighted by molar-refractivity contribution is 6.17. The average molecular weight is 1090 g/mol. The summed E-state index contributed by atoms with van der Waals surface area (Å²) in [4.78, 5) is 73.9. The van der Waals surface area contributed by atoms with E-state index in [-0.39, 0.29) is 87.1 Å². The fourth-order valence-electron chi connectivity index (χ4n) is 7.46. The molecule has 2 N–H and O–H groups in total. The molecule has 0 fully saturated rings. The van der Waals surface area contributed by atoms with E-state index in [1.165, 1.54) is 77.5 Å². The molecule has 0 aliphatic rings. The Labute approximate surface area is 433 Å². The van der Waals surface area contributed by atoms with Crippen molar-refractivity contribution in [3.05, 3.63) is 244 Å². The molecule has 0 saturated carbocycles. The monoisotopic (exact) mass is 1090 g/mol. The molecule has 0 spiro atoms. The molecule has 9 rings (SSSR count). The summed E-state index contributed by atoms with van der Waals surface area (Å²) < 4.78 is 133. The Morgan fingerprint density at radius 3 is 1.32 bits per heavy atom. The Hall–Kier alpha value is -8.98.